The Balaban J connectivity index is 2.17. The summed E-state index contributed by atoms with van der Waals surface area (Å²) < 4.78 is 1.97. The second kappa shape index (κ2) is 5.58. The van der Waals surface area contributed by atoms with E-state index >= 15 is 0 Å². The minimum atomic E-state index is -0.266. The average molecular weight is 245 g/mol. The summed E-state index contributed by atoms with van der Waals surface area (Å²) in [5.74, 6) is -0.266. The van der Waals surface area contributed by atoms with Crippen molar-refractivity contribution >= 4 is 16.8 Å². The fourth-order valence-electron chi connectivity index (χ4n) is 2.20. The van der Waals surface area contributed by atoms with Crippen molar-refractivity contribution in [1.29, 1.82) is 0 Å². The van der Waals surface area contributed by atoms with E-state index in [2.05, 4.69) is 30.5 Å². The molecule has 1 aromatic carbocycles. The fourth-order valence-corrected chi connectivity index (χ4v) is 2.20. The molecule has 4 heteroatoms. The lowest BCUT2D eigenvalue weighted by Crippen LogP contribution is -2.31. The summed E-state index contributed by atoms with van der Waals surface area (Å²) in [5, 5.41) is 1.18. The number of nitrogens with zero attached hydrogens (tertiary/aromatic N) is 1. The van der Waals surface area contributed by atoms with Crippen molar-refractivity contribution in [1.82, 2.24) is 4.68 Å². The van der Waals surface area contributed by atoms with Crippen LogP contribution in [0.15, 0.2) is 36.5 Å². The summed E-state index contributed by atoms with van der Waals surface area (Å²) in [6.45, 7) is 2.10. The maximum Gasteiger partial charge on any atom is 0.219 e. The summed E-state index contributed by atoms with van der Waals surface area (Å²) in [5.41, 5.74) is 9.74. The SMILES string of the molecule is CCCC(CC(N)=O)Nn1ccc2ccccc21. The summed E-state index contributed by atoms with van der Waals surface area (Å²) in [7, 11) is 0. The Morgan fingerprint density at radius 1 is 1.39 bits per heavy atom. The van der Waals surface area contributed by atoms with Gasteiger partial charge >= 0.3 is 0 Å². The lowest BCUT2D eigenvalue weighted by Gasteiger charge is -2.19. The molecule has 96 valence electrons. The van der Waals surface area contributed by atoms with Gasteiger partial charge in [0.05, 0.1) is 11.6 Å². The Kier molecular flexibility index (Phi) is 3.87. The highest BCUT2D eigenvalue weighted by Crippen LogP contribution is 2.15. The first-order valence-corrected chi connectivity index (χ1v) is 6.31. The van der Waals surface area contributed by atoms with Gasteiger partial charge in [-0.2, -0.15) is 0 Å². The smallest absolute Gasteiger partial charge is 0.219 e. The van der Waals surface area contributed by atoms with Crippen LogP contribution < -0.4 is 11.2 Å². The van der Waals surface area contributed by atoms with Crippen LogP contribution in [0, 0.1) is 0 Å². The molecule has 1 atom stereocenters. The van der Waals surface area contributed by atoms with Gasteiger partial charge in [0.25, 0.3) is 0 Å². The van der Waals surface area contributed by atoms with Gasteiger partial charge in [0, 0.05) is 18.0 Å². The standard InChI is InChI=1S/C14H19N3O/c1-2-5-12(10-14(15)18)16-17-9-8-11-6-3-4-7-13(11)17/h3-4,6-9,12,16H,2,5,10H2,1H3,(H2,15,18). The Morgan fingerprint density at radius 3 is 2.89 bits per heavy atom. The zero-order chi connectivity index (χ0) is 13.0. The van der Waals surface area contributed by atoms with E-state index < -0.39 is 0 Å². The molecule has 0 saturated heterocycles. The number of carbonyl (C=O) groups is 1. The number of carbonyl (C=O) groups excluding carboxylic acids is 1. The van der Waals surface area contributed by atoms with Gasteiger partial charge in [-0.15, -0.1) is 0 Å². The molecule has 0 radical (unpaired) electrons. The van der Waals surface area contributed by atoms with Gasteiger partial charge in [-0.3, -0.25) is 9.47 Å². The maximum atomic E-state index is 11.0. The summed E-state index contributed by atoms with van der Waals surface area (Å²) >= 11 is 0. The van der Waals surface area contributed by atoms with Crippen LogP contribution in [0.25, 0.3) is 10.9 Å². The third-order valence-corrected chi connectivity index (χ3v) is 3.01. The molecule has 4 nitrogen and oxygen atoms in total. The third kappa shape index (κ3) is 2.83. The van der Waals surface area contributed by atoms with E-state index in [1.165, 1.54) is 5.39 Å². The van der Waals surface area contributed by atoms with Gasteiger partial charge in [0.2, 0.25) is 5.91 Å². The number of nitrogens with one attached hydrogen (secondary N) is 1. The van der Waals surface area contributed by atoms with Gasteiger partial charge in [-0.1, -0.05) is 31.5 Å². The lowest BCUT2D eigenvalue weighted by atomic mass is 10.1. The van der Waals surface area contributed by atoms with Crippen molar-refractivity contribution < 1.29 is 4.79 Å². The molecule has 1 unspecified atom stereocenters. The van der Waals surface area contributed by atoms with Crippen LogP contribution in [0.4, 0.5) is 0 Å². The molecule has 3 N–H and O–H groups in total. The van der Waals surface area contributed by atoms with Gasteiger partial charge in [0.15, 0.2) is 0 Å². The topological polar surface area (TPSA) is 60.1 Å². The van der Waals surface area contributed by atoms with Crippen LogP contribution in [0.2, 0.25) is 0 Å². The number of para-hydroxylation sites is 1. The Morgan fingerprint density at radius 2 is 2.17 bits per heavy atom. The van der Waals surface area contributed by atoms with Crippen LogP contribution >= 0.6 is 0 Å². The number of hydrogen-bond acceptors (Lipinski definition) is 2. The van der Waals surface area contributed by atoms with E-state index in [1.807, 2.05) is 23.0 Å². The number of nitrogens with two attached hydrogens (primary N) is 1. The molecule has 0 aliphatic heterocycles. The van der Waals surface area contributed by atoms with Crippen molar-refractivity contribution in [3.63, 3.8) is 0 Å². The van der Waals surface area contributed by atoms with E-state index in [4.69, 9.17) is 5.73 Å². The number of aromatic nitrogens is 1. The predicted molar refractivity (Wildman–Crippen MR) is 73.8 cm³/mol. The first kappa shape index (κ1) is 12.5. The monoisotopic (exact) mass is 245 g/mol. The largest absolute Gasteiger partial charge is 0.370 e. The molecule has 0 fully saturated rings. The van der Waals surface area contributed by atoms with Gasteiger partial charge in [-0.25, -0.2) is 0 Å². The summed E-state index contributed by atoms with van der Waals surface area (Å²) in [6, 6.07) is 10.3. The van der Waals surface area contributed by atoms with Crippen molar-refractivity contribution in [2.45, 2.75) is 32.2 Å². The Bertz CT molecular complexity index is 533. The molecular weight excluding hydrogens is 226 g/mol. The number of rotatable bonds is 6. The number of hydrogen-bond donors (Lipinski definition) is 2. The van der Waals surface area contributed by atoms with Crippen LogP contribution in [-0.4, -0.2) is 16.6 Å². The highest BCUT2D eigenvalue weighted by molar-refractivity contribution is 5.80. The van der Waals surface area contributed by atoms with Crippen LogP contribution in [0.1, 0.15) is 26.2 Å². The average Bonchev–Trinajstić information content (AvgIpc) is 2.72. The highest BCUT2D eigenvalue weighted by Gasteiger charge is 2.11. The minimum Gasteiger partial charge on any atom is -0.370 e. The molecule has 0 aliphatic rings. The van der Waals surface area contributed by atoms with Crippen LogP contribution in [0.3, 0.4) is 0 Å². The number of primary amides is 1. The molecule has 1 amide bonds. The van der Waals surface area contributed by atoms with Gasteiger partial charge in [-0.05, 0) is 18.6 Å². The zero-order valence-electron chi connectivity index (χ0n) is 10.6. The number of fused-ring (bicyclic) bond motifs is 1. The van der Waals surface area contributed by atoms with Crippen molar-refractivity contribution in [2.75, 3.05) is 5.43 Å². The predicted octanol–water partition coefficient (Wildman–Crippen LogP) is 2.23. The quantitative estimate of drug-likeness (QED) is 0.819. The molecular formula is C14H19N3O. The molecule has 0 saturated carbocycles. The van der Waals surface area contributed by atoms with E-state index in [0.29, 0.717) is 6.42 Å². The molecule has 0 aliphatic carbocycles. The third-order valence-electron chi connectivity index (χ3n) is 3.01. The number of benzene rings is 1. The van der Waals surface area contributed by atoms with Crippen molar-refractivity contribution in [3.05, 3.63) is 36.5 Å². The Hall–Kier alpha value is -1.97. The minimum absolute atomic E-state index is 0.0864. The first-order chi connectivity index (χ1) is 8.70. The van der Waals surface area contributed by atoms with Crippen molar-refractivity contribution in [3.8, 4) is 0 Å². The zero-order valence-corrected chi connectivity index (χ0v) is 10.6. The molecule has 1 aromatic heterocycles. The Labute approximate surface area is 107 Å². The second-order valence-corrected chi connectivity index (χ2v) is 4.53. The maximum absolute atomic E-state index is 11.0. The molecule has 2 aromatic rings. The van der Waals surface area contributed by atoms with E-state index in [9.17, 15) is 4.79 Å². The van der Waals surface area contributed by atoms with Gasteiger partial charge in [0.1, 0.15) is 0 Å². The lowest BCUT2D eigenvalue weighted by molar-refractivity contribution is -0.118. The molecule has 1 heterocycles. The molecule has 18 heavy (non-hydrogen) atoms. The highest BCUT2D eigenvalue weighted by atomic mass is 16.1. The first-order valence-electron chi connectivity index (χ1n) is 6.31. The van der Waals surface area contributed by atoms with E-state index in [-0.39, 0.29) is 11.9 Å². The summed E-state index contributed by atoms with van der Waals surface area (Å²) in [6.07, 6.45) is 4.29. The normalized spacial score (nSPS) is 12.5. The fraction of sp³-hybridized carbons (Fsp3) is 0.357. The molecule has 0 bridgehead atoms. The van der Waals surface area contributed by atoms with Crippen molar-refractivity contribution in [2.24, 2.45) is 5.73 Å². The number of amides is 1. The van der Waals surface area contributed by atoms with Crippen LogP contribution in [0.5, 0.6) is 0 Å². The van der Waals surface area contributed by atoms with Crippen LogP contribution in [-0.2, 0) is 4.79 Å². The van der Waals surface area contributed by atoms with E-state index in [1.54, 1.807) is 0 Å². The second-order valence-electron chi connectivity index (χ2n) is 4.53. The molecule has 2 rings (SSSR count). The van der Waals surface area contributed by atoms with Gasteiger partial charge < -0.3 is 11.2 Å². The summed E-state index contributed by atoms with van der Waals surface area (Å²) in [4.78, 5) is 11.0. The van der Waals surface area contributed by atoms with E-state index in [0.717, 1.165) is 18.4 Å². The molecule has 0 spiro atoms.